The molecule has 90 valence electrons. The number of rotatable bonds is 3. The molecule has 0 aliphatic carbocycles. The van der Waals surface area contributed by atoms with Crippen LogP contribution in [0, 0.1) is 0 Å². The van der Waals surface area contributed by atoms with E-state index in [0.717, 1.165) is 5.69 Å². The van der Waals surface area contributed by atoms with E-state index < -0.39 is 0 Å². The van der Waals surface area contributed by atoms with Gasteiger partial charge in [0.1, 0.15) is 5.01 Å². The third-order valence-electron chi connectivity index (χ3n) is 3.13. The van der Waals surface area contributed by atoms with E-state index in [9.17, 15) is 5.11 Å². The lowest BCUT2D eigenvalue weighted by atomic mass is 10.0. The fourth-order valence-corrected chi connectivity index (χ4v) is 3.29. The predicted molar refractivity (Wildman–Crippen MR) is 66.7 cm³/mol. The van der Waals surface area contributed by atoms with Gasteiger partial charge in [0.05, 0.1) is 17.8 Å². The van der Waals surface area contributed by atoms with E-state index >= 15 is 0 Å². The van der Waals surface area contributed by atoms with Crippen LogP contribution in [0.3, 0.4) is 0 Å². The van der Waals surface area contributed by atoms with Crippen molar-refractivity contribution in [2.75, 3.05) is 13.6 Å². The van der Waals surface area contributed by atoms with Gasteiger partial charge in [-0.15, -0.1) is 11.3 Å². The van der Waals surface area contributed by atoms with Crippen LogP contribution in [0.15, 0.2) is 5.38 Å². The van der Waals surface area contributed by atoms with Crippen molar-refractivity contribution in [3.05, 3.63) is 16.1 Å². The Hall–Kier alpha value is -0.450. The Kier molecular flexibility index (Phi) is 3.95. The molecular weight excluding hydrogens is 220 g/mol. The predicted octanol–water partition coefficient (Wildman–Crippen LogP) is 2.22. The molecule has 1 N–H and O–H groups in total. The van der Waals surface area contributed by atoms with Gasteiger partial charge in [-0.1, -0.05) is 6.42 Å². The zero-order valence-electron chi connectivity index (χ0n) is 10.0. The zero-order chi connectivity index (χ0) is 11.5. The van der Waals surface area contributed by atoms with Gasteiger partial charge in [0.15, 0.2) is 0 Å². The molecule has 0 saturated carbocycles. The number of thiazole rings is 1. The van der Waals surface area contributed by atoms with E-state index in [1.165, 1.54) is 30.8 Å². The quantitative estimate of drug-likeness (QED) is 0.880. The SMILES string of the molecule is CC(O)Cc1csc(C2CCCCN2C)n1. The maximum absolute atomic E-state index is 9.33. The Balaban J connectivity index is 2.05. The summed E-state index contributed by atoms with van der Waals surface area (Å²) in [5.41, 5.74) is 1.04. The summed E-state index contributed by atoms with van der Waals surface area (Å²) in [6, 6.07) is 0.501. The van der Waals surface area contributed by atoms with E-state index in [1.54, 1.807) is 11.3 Å². The highest BCUT2D eigenvalue weighted by molar-refractivity contribution is 7.09. The molecule has 4 heteroatoms. The maximum Gasteiger partial charge on any atom is 0.110 e. The van der Waals surface area contributed by atoms with Crippen molar-refractivity contribution >= 4 is 11.3 Å². The van der Waals surface area contributed by atoms with E-state index in [-0.39, 0.29) is 6.10 Å². The molecule has 1 aromatic heterocycles. The Bertz CT molecular complexity index is 338. The fourth-order valence-electron chi connectivity index (χ4n) is 2.26. The van der Waals surface area contributed by atoms with Crippen LogP contribution < -0.4 is 0 Å². The van der Waals surface area contributed by atoms with Crippen LogP contribution in [0.5, 0.6) is 0 Å². The summed E-state index contributed by atoms with van der Waals surface area (Å²) in [6.45, 7) is 2.99. The molecule has 2 rings (SSSR count). The summed E-state index contributed by atoms with van der Waals surface area (Å²) in [7, 11) is 2.18. The van der Waals surface area contributed by atoms with Crippen LogP contribution in [-0.4, -0.2) is 34.7 Å². The lowest BCUT2D eigenvalue weighted by molar-refractivity contribution is 0.185. The molecule has 3 nitrogen and oxygen atoms in total. The monoisotopic (exact) mass is 240 g/mol. The van der Waals surface area contributed by atoms with Crippen LogP contribution in [0.25, 0.3) is 0 Å². The lowest BCUT2D eigenvalue weighted by Crippen LogP contribution is -2.29. The minimum atomic E-state index is -0.293. The van der Waals surface area contributed by atoms with E-state index in [0.29, 0.717) is 12.5 Å². The highest BCUT2D eigenvalue weighted by Gasteiger charge is 2.23. The molecule has 0 aromatic carbocycles. The molecule has 0 bridgehead atoms. The highest BCUT2D eigenvalue weighted by Crippen LogP contribution is 2.31. The van der Waals surface area contributed by atoms with Gasteiger partial charge < -0.3 is 5.11 Å². The normalized spacial score (nSPS) is 24.6. The molecule has 0 spiro atoms. The third-order valence-corrected chi connectivity index (χ3v) is 4.12. The smallest absolute Gasteiger partial charge is 0.110 e. The number of hydrogen-bond donors (Lipinski definition) is 1. The first kappa shape index (κ1) is 12.0. The number of aliphatic hydroxyl groups excluding tert-OH is 1. The highest BCUT2D eigenvalue weighted by atomic mass is 32.1. The summed E-state index contributed by atoms with van der Waals surface area (Å²) in [6.07, 6.45) is 4.21. The number of hydrogen-bond acceptors (Lipinski definition) is 4. The maximum atomic E-state index is 9.33. The van der Waals surface area contributed by atoms with Crippen molar-refractivity contribution in [3.63, 3.8) is 0 Å². The van der Waals surface area contributed by atoms with E-state index in [1.807, 2.05) is 6.92 Å². The fraction of sp³-hybridized carbons (Fsp3) is 0.750. The molecule has 0 radical (unpaired) electrons. The van der Waals surface area contributed by atoms with Gasteiger partial charge in [0, 0.05) is 11.8 Å². The Morgan fingerprint density at radius 2 is 2.44 bits per heavy atom. The molecule has 2 unspecified atom stereocenters. The molecule has 1 fully saturated rings. The van der Waals surface area contributed by atoms with Gasteiger partial charge in [-0.05, 0) is 33.4 Å². The Labute approximate surface area is 101 Å². The van der Waals surface area contributed by atoms with Gasteiger partial charge in [-0.25, -0.2) is 4.98 Å². The van der Waals surface area contributed by atoms with Crippen LogP contribution >= 0.6 is 11.3 Å². The number of piperidine rings is 1. The minimum Gasteiger partial charge on any atom is -0.393 e. The van der Waals surface area contributed by atoms with E-state index in [2.05, 4.69) is 22.3 Å². The molecule has 16 heavy (non-hydrogen) atoms. The lowest BCUT2D eigenvalue weighted by Gasteiger charge is -2.30. The molecular formula is C12H20N2OS. The minimum absolute atomic E-state index is 0.293. The first-order valence-corrected chi connectivity index (χ1v) is 6.87. The second-order valence-corrected chi connectivity index (χ2v) is 5.61. The largest absolute Gasteiger partial charge is 0.393 e. The number of nitrogens with zero attached hydrogens (tertiary/aromatic N) is 2. The molecule has 2 heterocycles. The Morgan fingerprint density at radius 3 is 3.12 bits per heavy atom. The third kappa shape index (κ3) is 2.81. The average Bonchev–Trinajstić information content (AvgIpc) is 2.66. The Morgan fingerprint density at radius 1 is 1.62 bits per heavy atom. The van der Waals surface area contributed by atoms with Gasteiger partial charge in [0.25, 0.3) is 0 Å². The van der Waals surface area contributed by atoms with Crippen molar-refractivity contribution in [1.29, 1.82) is 0 Å². The first-order chi connectivity index (χ1) is 7.66. The molecule has 2 atom stereocenters. The van der Waals surface area contributed by atoms with Crippen LogP contribution in [0.4, 0.5) is 0 Å². The summed E-state index contributed by atoms with van der Waals surface area (Å²) < 4.78 is 0. The topological polar surface area (TPSA) is 36.4 Å². The second kappa shape index (κ2) is 5.25. The molecule has 1 aromatic rings. The second-order valence-electron chi connectivity index (χ2n) is 4.72. The van der Waals surface area contributed by atoms with Crippen LogP contribution in [0.1, 0.15) is 42.9 Å². The summed E-state index contributed by atoms with van der Waals surface area (Å²) in [4.78, 5) is 7.04. The molecule has 1 aliphatic rings. The molecule has 1 saturated heterocycles. The van der Waals surface area contributed by atoms with Crippen molar-refractivity contribution in [2.45, 2.75) is 44.8 Å². The average molecular weight is 240 g/mol. The van der Waals surface area contributed by atoms with Crippen molar-refractivity contribution in [1.82, 2.24) is 9.88 Å². The zero-order valence-corrected chi connectivity index (χ0v) is 10.8. The van der Waals surface area contributed by atoms with Gasteiger partial charge in [0.2, 0.25) is 0 Å². The molecule has 0 amide bonds. The van der Waals surface area contributed by atoms with E-state index in [4.69, 9.17) is 0 Å². The summed E-state index contributed by atoms with van der Waals surface area (Å²) >= 11 is 1.74. The van der Waals surface area contributed by atoms with Crippen molar-refractivity contribution < 1.29 is 5.11 Å². The van der Waals surface area contributed by atoms with Gasteiger partial charge in [-0.2, -0.15) is 0 Å². The first-order valence-electron chi connectivity index (χ1n) is 5.99. The standard InChI is InChI=1S/C12H20N2OS/c1-9(15)7-10-8-16-12(13-10)11-5-3-4-6-14(11)2/h8-9,11,15H,3-7H2,1-2H3. The van der Waals surface area contributed by atoms with Crippen molar-refractivity contribution in [2.24, 2.45) is 0 Å². The number of aromatic nitrogens is 1. The van der Waals surface area contributed by atoms with Gasteiger partial charge in [-0.3, -0.25) is 4.90 Å². The summed E-state index contributed by atoms with van der Waals surface area (Å²) in [5.74, 6) is 0. The van der Waals surface area contributed by atoms with Crippen molar-refractivity contribution in [3.8, 4) is 0 Å². The van der Waals surface area contributed by atoms with Gasteiger partial charge >= 0.3 is 0 Å². The van der Waals surface area contributed by atoms with Crippen LogP contribution in [-0.2, 0) is 6.42 Å². The number of aliphatic hydroxyl groups is 1. The van der Waals surface area contributed by atoms with Crippen LogP contribution in [0.2, 0.25) is 0 Å². The molecule has 1 aliphatic heterocycles. The number of likely N-dealkylation sites (tertiary alicyclic amines) is 1. The summed E-state index contributed by atoms with van der Waals surface area (Å²) in [5, 5.41) is 12.6.